The Morgan fingerprint density at radius 2 is 2.21 bits per heavy atom. The monoisotopic (exact) mass is 188 g/mol. The molecule has 0 fully saturated rings. The summed E-state index contributed by atoms with van der Waals surface area (Å²) in [5.41, 5.74) is 0.947. The highest BCUT2D eigenvalue weighted by atomic mass is 16.3. The highest BCUT2D eigenvalue weighted by Gasteiger charge is 2.09. The van der Waals surface area contributed by atoms with Crippen molar-refractivity contribution >= 4 is 23.0 Å². The van der Waals surface area contributed by atoms with E-state index in [-0.39, 0.29) is 11.5 Å². The maximum Gasteiger partial charge on any atom is 0.194 e. The van der Waals surface area contributed by atoms with E-state index in [2.05, 4.69) is 0 Å². The van der Waals surface area contributed by atoms with Crippen molar-refractivity contribution in [1.29, 1.82) is 0 Å². The lowest BCUT2D eigenvalue weighted by Crippen LogP contribution is -1.85. The van der Waals surface area contributed by atoms with Crippen molar-refractivity contribution in [3.63, 3.8) is 0 Å². The highest BCUT2D eigenvalue weighted by Crippen LogP contribution is 2.22. The molecule has 0 atom stereocenters. The van der Waals surface area contributed by atoms with Crippen LogP contribution in [0.1, 0.15) is 27.8 Å². The summed E-state index contributed by atoms with van der Waals surface area (Å²) in [5, 5.41) is 0.778. The van der Waals surface area contributed by atoms with Gasteiger partial charge in [-0.25, -0.2) is 0 Å². The molecule has 1 aromatic heterocycles. The predicted molar refractivity (Wildman–Crippen MR) is 51.6 cm³/mol. The van der Waals surface area contributed by atoms with Gasteiger partial charge < -0.3 is 4.42 Å². The fourth-order valence-corrected chi connectivity index (χ4v) is 1.35. The molecule has 0 N–H and O–H groups in total. The Labute approximate surface area is 80.3 Å². The van der Waals surface area contributed by atoms with Gasteiger partial charge in [-0.05, 0) is 12.1 Å². The Kier molecular flexibility index (Phi) is 1.93. The van der Waals surface area contributed by atoms with Gasteiger partial charge >= 0.3 is 0 Å². The van der Waals surface area contributed by atoms with E-state index in [4.69, 9.17) is 4.42 Å². The van der Waals surface area contributed by atoms with E-state index in [1.165, 1.54) is 6.92 Å². The molecule has 0 unspecified atom stereocenters. The van der Waals surface area contributed by atoms with Crippen LogP contribution < -0.4 is 0 Å². The number of para-hydroxylation sites is 1. The second-order valence-electron chi connectivity index (χ2n) is 3.05. The van der Waals surface area contributed by atoms with Crippen LogP contribution >= 0.6 is 0 Å². The minimum Gasteiger partial charge on any atom is -0.452 e. The Morgan fingerprint density at radius 3 is 2.86 bits per heavy atom. The average molecular weight is 188 g/mol. The molecule has 3 heteroatoms. The summed E-state index contributed by atoms with van der Waals surface area (Å²) in [7, 11) is 0. The Balaban J connectivity index is 2.76. The van der Waals surface area contributed by atoms with Gasteiger partial charge in [-0.1, -0.05) is 12.1 Å². The lowest BCUT2D eigenvalue weighted by atomic mass is 10.2. The van der Waals surface area contributed by atoms with Crippen LogP contribution in [0.5, 0.6) is 0 Å². The third-order valence-electron chi connectivity index (χ3n) is 2.05. The first-order valence-electron chi connectivity index (χ1n) is 4.21. The first kappa shape index (κ1) is 8.69. The normalized spacial score (nSPS) is 10.4. The third-order valence-corrected chi connectivity index (χ3v) is 2.05. The average Bonchev–Trinajstić information content (AvgIpc) is 2.60. The smallest absolute Gasteiger partial charge is 0.194 e. The molecule has 0 spiro atoms. The molecule has 0 aliphatic carbocycles. The minimum absolute atomic E-state index is 0.141. The van der Waals surface area contributed by atoms with Crippen LogP contribution in [0.4, 0.5) is 0 Å². The summed E-state index contributed by atoms with van der Waals surface area (Å²) >= 11 is 0. The van der Waals surface area contributed by atoms with Gasteiger partial charge in [-0.15, -0.1) is 0 Å². The molecule has 14 heavy (non-hydrogen) atoms. The number of rotatable bonds is 2. The van der Waals surface area contributed by atoms with Crippen LogP contribution in [0.2, 0.25) is 0 Å². The number of Topliss-reactive ketones (excluding diaryl/α,β-unsaturated/α-hetero) is 1. The number of ketones is 1. The van der Waals surface area contributed by atoms with E-state index in [1.54, 1.807) is 24.3 Å². The van der Waals surface area contributed by atoms with E-state index < -0.39 is 0 Å². The molecule has 70 valence electrons. The molecular formula is C11H8O3. The number of benzene rings is 1. The second-order valence-corrected chi connectivity index (χ2v) is 3.05. The number of carbonyl (C=O) groups is 2. The van der Waals surface area contributed by atoms with Gasteiger partial charge in [0.05, 0.1) is 5.56 Å². The van der Waals surface area contributed by atoms with Crippen LogP contribution in [0, 0.1) is 0 Å². The number of hydrogen-bond donors (Lipinski definition) is 0. The van der Waals surface area contributed by atoms with Crippen LogP contribution in [0.3, 0.4) is 0 Å². The molecular weight excluding hydrogens is 180 g/mol. The van der Waals surface area contributed by atoms with Crippen molar-refractivity contribution in [2.75, 3.05) is 0 Å². The van der Waals surface area contributed by atoms with Gasteiger partial charge in [0.25, 0.3) is 0 Å². The zero-order valence-electron chi connectivity index (χ0n) is 7.61. The number of carbonyl (C=O) groups excluding carboxylic acids is 2. The Hall–Kier alpha value is -1.90. The quantitative estimate of drug-likeness (QED) is 0.537. The van der Waals surface area contributed by atoms with Crippen molar-refractivity contribution < 1.29 is 14.0 Å². The zero-order chi connectivity index (χ0) is 10.1. The minimum atomic E-state index is -0.141. The molecule has 1 aromatic carbocycles. The van der Waals surface area contributed by atoms with Crippen LogP contribution in [0.25, 0.3) is 11.0 Å². The highest BCUT2D eigenvalue weighted by molar-refractivity contribution is 6.00. The molecule has 2 aromatic rings. The van der Waals surface area contributed by atoms with E-state index in [1.807, 2.05) is 0 Å². The molecule has 2 rings (SSSR count). The summed E-state index contributed by atoms with van der Waals surface area (Å²) in [6.45, 7) is 1.43. The number of furan rings is 1. The zero-order valence-corrected chi connectivity index (χ0v) is 7.61. The molecule has 0 aliphatic rings. The molecule has 0 aliphatic heterocycles. The van der Waals surface area contributed by atoms with Crippen molar-refractivity contribution in [2.24, 2.45) is 0 Å². The van der Waals surface area contributed by atoms with E-state index in [9.17, 15) is 9.59 Å². The Morgan fingerprint density at radius 1 is 1.43 bits per heavy atom. The summed E-state index contributed by atoms with van der Waals surface area (Å²) in [6, 6.07) is 6.86. The van der Waals surface area contributed by atoms with E-state index in [0.717, 1.165) is 11.7 Å². The van der Waals surface area contributed by atoms with Crippen molar-refractivity contribution in [3.8, 4) is 0 Å². The van der Waals surface area contributed by atoms with Gasteiger partial charge in [-0.3, -0.25) is 9.59 Å². The summed E-state index contributed by atoms with van der Waals surface area (Å²) in [6.07, 6.45) is 0.718. The van der Waals surface area contributed by atoms with Gasteiger partial charge in [-0.2, -0.15) is 0 Å². The summed E-state index contributed by atoms with van der Waals surface area (Å²) < 4.78 is 5.27. The topological polar surface area (TPSA) is 47.3 Å². The molecule has 0 saturated heterocycles. The number of fused-ring (bicyclic) bond motifs is 1. The standard InChI is InChI=1S/C11H8O3/c1-7(13)10-5-8-3-2-4-9(6-12)11(8)14-10/h2-6H,1H3. The molecule has 0 bridgehead atoms. The molecule has 0 saturated carbocycles. The first-order valence-corrected chi connectivity index (χ1v) is 4.21. The lowest BCUT2D eigenvalue weighted by Gasteiger charge is -1.90. The molecule has 0 amide bonds. The molecule has 1 heterocycles. The second kappa shape index (κ2) is 3.10. The predicted octanol–water partition coefficient (Wildman–Crippen LogP) is 2.45. The van der Waals surface area contributed by atoms with E-state index in [0.29, 0.717) is 11.1 Å². The van der Waals surface area contributed by atoms with E-state index >= 15 is 0 Å². The van der Waals surface area contributed by atoms with Gasteiger partial charge in [0, 0.05) is 12.3 Å². The number of hydrogen-bond acceptors (Lipinski definition) is 3. The van der Waals surface area contributed by atoms with Crippen LogP contribution in [-0.4, -0.2) is 12.1 Å². The van der Waals surface area contributed by atoms with Crippen molar-refractivity contribution in [2.45, 2.75) is 6.92 Å². The fourth-order valence-electron chi connectivity index (χ4n) is 1.35. The SMILES string of the molecule is CC(=O)c1cc2cccc(C=O)c2o1. The molecule has 3 nitrogen and oxygen atoms in total. The summed E-state index contributed by atoms with van der Waals surface area (Å²) in [5.74, 6) is 0.146. The van der Waals surface area contributed by atoms with Gasteiger partial charge in [0.2, 0.25) is 0 Å². The number of aldehydes is 1. The lowest BCUT2D eigenvalue weighted by molar-refractivity contribution is 0.0988. The van der Waals surface area contributed by atoms with Crippen molar-refractivity contribution in [1.82, 2.24) is 0 Å². The fraction of sp³-hybridized carbons (Fsp3) is 0.0909. The van der Waals surface area contributed by atoms with Crippen LogP contribution in [0.15, 0.2) is 28.7 Å². The molecule has 0 radical (unpaired) electrons. The third kappa shape index (κ3) is 1.23. The van der Waals surface area contributed by atoms with Crippen molar-refractivity contribution in [3.05, 3.63) is 35.6 Å². The van der Waals surface area contributed by atoms with Gasteiger partial charge in [0.15, 0.2) is 17.8 Å². The first-order chi connectivity index (χ1) is 6.72. The largest absolute Gasteiger partial charge is 0.452 e. The maximum atomic E-state index is 11.0. The summed E-state index contributed by atoms with van der Waals surface area (Å²) in [4.78, 5) is 21.7. The Bertz CT molecular complexity index is 508. The van der Waals surface area contributed by atoms with Crippen LogP contribution in [-0.2, 0) is 0 Å². The maximum absolute atomic E-state index is 11.0. The van der Waals surface area contributed by atoms with Gasteiger partial charge in [0.1, 0.15) is 5.58 Å².